The number of nitriles is 1. The molecule has 3 atom stereocenters. The molecular weight excluding hydrogens is 278 g/mol. The maximum Gasteiger partial charge on any atom is 0.260 e. The van der Waals surface area contributed by atoms with Crippen LogP contribution in [0.4, 0.5) is 0 Å². The summed E-state index contributed by atoms with van der Waals surface area (Å²) in [6.45, 7) is 6.41. The molecule has 0 aromatic rings. The van der Waals surface area contributed by atoms with Crippen LogP contribution >= 0.6 is 0 Å². The number of carbonyl (C=O) groups excluding carboxylic acids is 2. The van der Waals surface area contributed by atoms with Crippen LogP contribution in [0.15, 0.2) is 11.3 Å². The molecule has 0 bridgehead atoms. The van der Waals surface area contributed by atoms with E-state index in [4.69, 9.17) is 0 Å². The number of nitrogens with zero attached hydrogens (tertiary/aromatic N) is 3. The molecule has 2 aliphatic heterocycles. The molecule has 5 nitrogen and oxygen atoms in total. The minimum atomic E-state index is -1.08. The van der Waals surface area contributed by atoms with Crippen LogP contribution in [-0.4, -0.2) is 40.7 Å². The first-order valence-corrected chi connectivity index (χ1v) is 8.07. The van der Waals surface area contributed by atoms with Gasteiger partial charge < -0.3 is 4.90 Å². The summed E-state index contributed by atoms with van der Waals surface area (Å²) in [4.78, 5) is 29.2. The Morgan fingerprint density at radius 2 is 1.95 bits per heavy atom. The highest BCUT2D eigenvalue weighted by Gasteiger charge is 2.56. The molecular formula is C17H23N3O2. The van der Waals surface area contributed by atoms with E-state index in [1.807, 2.05) is 20.9 Å². The lowest BCUT2D eigenvalue weighted by Gasteiger charge is -2.34. The summed E-state index contributed by atoms with van der Waals surface area (Å²) in [7, 11) is 2.00. The summed E-state index contributed by atoms with van der Waals surface area (Å²) in [6, 6.07) is 2.21. The van der Waals surface area contributed by atoms with E-state index in [0.29, 0.717) is 11.5 Å². The number of carbonyl (C=O) groups is 2. The number of hydrogen-bond acceptors (Lipinski definition) is 4. The van der Waals surface area contributed by atoms with Crippen molar-refractivity contribution in [3.63, 3.8) is 0 Å². The summed E-state index contributed by atoms with van der Waals surface area (Å²) < 4.78 is 0. The number of amides is 2. The fraction of sp³-hybridized carbons (Fsp3) is 0.706. The first-order chi connectivity index (χ1) is 10.3. The van der Waals surface area contributed by atoms with E-state index >= 15 is 0 Å². The summed E-state index contributed by atoms with van der Waals surface area (Å²) in [6.07, 6.45) is 2.76. The molecule has 3 rings (SSSR count). The Hall–Kier alpha value is -1.83. The standard InChI is InChI=1S/C17H23N3O2/c1-10(2)17(3,9-18)20-15(21)12-6-5-11-7-8-19(4)14(11)13(12)16(20)22/h10-12H,5-8H2,1-4H3. The van der Waals surface area contributed by atoms with Gasteiger partial charge in [-0.25, -0.2) is 0 Å². The second kappa shape index (κ2) is 4.84. The SMILES string of the molecule is CC(C)C(C)(C#N)N1C(=O)C2=C3C(CCC2C1=O)CCN3C. The molecule has 0 saturated carbocycles. The van der Waals surface area contributed by atoms with Crippen molar-refractivity contribution < 1.29 is 9.59 Å². The second-order valence-corrected chi connectivity index (χ2v) is 7.23. The van der Waals surface area contributed by atoms with Crippen LogP contribution in [0.1, 0.15) is 40.0 Å². The van der Waals surface area contributed by atoms with Crippen LogP contribution in [0.3, 0.4) is 0 Å². The van der Waals surface area contributed by atoms with Gasteiger partial charge in [-0.05, 0) is 32.1 Å². The third kappa shape index (κ3) is 1.76. The minimum absolute atomic E-state index is 0.103. The molecule has 1 aliphatic carbocycles. The number of likely N-dealkylation sites (tertiary alicyclic amines) is 2. The number of fused-ring (bicyclic) bond motifs is 2. The average Bonchev–Trinajstić information content (AvgIpc) is 2.98. The van der Waals surface area contributed by atoms with Gasteiger partial charge in [-0.15, -0.1) is 0 Å². The predicted octanol–water partition coefficient (Wildman–Crippen LogP) is 1.91. The molecule has 2 amide bonds. The highest BCUT2D eigenvalue weighted by atomic mass is 16.2. The van der Waals surface area contributed by atoms with Crippen molar-refractivity contribution in [2.45, 2.75) is 45.6 Å². The van der Waals surface area contributed by atoms with Crippen molar-refractivity contribution in [2.24, 2.45) is 17.8 Å². The van der Waals surface area contributed by atoms with Gasteiger partial charge in [0.2, 0.25) is 5.91 Å². The van der Waals surface area contributed by atoms with Crippen molar-refractivity contribution in [2.75, 3.05) is 13.6 Å². The van der Waals surface area contributed by atoms with Gasteiger partial charge in [0.05, 0.1) is 12.0 Å². The Labute approximate surface area is 131 Å². The first kappa shape index (κ1) is 15.1. The van der Waals surface area contributed by atoms with Crippen molar-refractivity contribution >= 4 is 11.8 Å². The van der Waals surface area contributed by atoms with Crippen LogP contribution in [-0.2, 0) is 9.59 Å². The van der Waals surface area contributed by atoms with E-state index in [-0.39, 0.29) is 23.7 Å². The van der Waals surface area contributed by atoms with Crippen LogP contribution in [0, 0.1) is 29.1 Å². The van der Waals surface area contributed by atoms with E-state index in [1.54, 1.807) is 6.92 Å². The molecule has 0 aromatic heterocycles. The molecule has 3 aliphatic rings. The largest absolute Gasteiger partial charge is 0.377 e. The summed E-state index contributed by atoms with van der Waals surface area (Å²) in [5.74, 6) is -0.454. The molecule has 2 heterocycles. The Morgan fingerprint density at radius 3 is 2.55 bits per heavy atom. The van der Waals surface area contributed by atoms with E-state index in [0.717, 1.165) is 31.5 Å². The van der Waals surface area contributed by atoms with Crippen molar-refractivity contribution in [1.29, 1.82) is 5.26 Å². The lowest BCUT2D eigenvalue weighted by atomic mass is 9.81. The Balaban J connectivity index is 2.11. The molecule has 2 saturated heterocycles. The minimum Gasteiger partial charge on any atom is -0.377 e. The number of rotatable bonds is 2. The molecule has 0 radical (unpaired) electrons. The summed E-state index contributed by atoms with van der Waals surface area (Å²) in [5.41, 5.74) is 0.649. The Morgan fingerprint density at radius 1 is 1.27 bits per heavy atom. The van der Waals surface area contributed by atoms with Crippen molar-refractivity contribution in [1.82, 2.24) is 9.80 Å². The van der Waals surface area contributed by atoms with Crippen LogP contribution in [0.25, 0.3) is 0 Å². The highest BCUT2D eigenvalue weighted by molar-refractivity contribution is 6.16. The third-order valence-electron chi connectivity index (χ3n) is 5.81. The van der Waals surface area contributed by atoms with E-state index in [2.05, 4.69) is 11.0 Å². The molecule has 3 unspecified atom stereocenters. The van der Waals surface area contributed by atoms with Crippen LogP contribution in [0.2, 0.25) is 0 Å². The summed E-state index contributed by atoms with van der Waals surface area (Å²) >= 11 is 0. The maximum atomic E-state index is 13.0. The van der Waals surface area contributed by atoms with Crippen LogP contribution in [0.5, 0.6) is 0 Å². The zero-order valence-electron chi connectivity index (χ0n) is 13.7. The van der Waals surface area contributed by atoms with Gasteiger partial charge in [-0.3, -0.25) is 14.5 Å². The van der Waals surface area contributed by atoms with E-state index < -0.39 is 5.54 Å². The smallest absolute Gasteiger partial charge is 0.260 e. The van der Waals surface area contributed by atoms with Gasteiger partial charge in [0.1, 0.15) is 5.54 Å². The van der Waals surface area contributed by atoms with Crippen molar-refractivity contribution in [3.05, 3.63) is 11.3 Å². The van der Waals surface area contributed by atoms with Gasteiger partial charge in [0.25, 0.3) is 5.91 Å². The molecule has 0 spiro atoms. The quantitative estimate of drug-likeness (QED) is 0.731. The molecule has 22 heavy (non-hydrogen) atoms. The number of imide groups is 1. The van der Waals surface area contributed by atoms with Gasteiger partial charge >= 0.3 is 0 Å². The van der Waals surface area contributed by atoms with Gasteiger partial charge in [0.15, 0.2) is 0 Å². The zero-order chi connectivity index (χ0) is 16.2. The number of allylic oxidation sites excluding steroid dienone is 1. The number of hydrogen-bond donors (Lipinski definition) is 0. The van der Waals surface area contributed by atoms with Gasteiger partial charge in [0, 0.05) is 30.8 Å². The Bertz CT molecular complexity index is 616. The fourth-order valence-electron chi connectivity index (χ4n) is 4.07. The zero-order valence-corrected chi connectivity index (χ0v) is 13.7. The molecule has 0 N–H and O–H groups in total. The van der Waals surface area contributed by atoms with Crippen molar-refractivity contribution in [3.8, 4) is 6.07 Å². The molecule has 0 aromatic carbocycles. The average molecular weight is 301 g/mol. The monoisotopic (exact) mass is 301 g/mol. The lowest BCUT2D eigenvalue weighted by Crippen LogP contribution is -2.52. The van der Waals surface area contributed by atoms with Gasteiger partial charge in [-0.1, -0.05) is 13.8 Å². The topological polar surface area (TPSA) is 64.4 Å². The van der Waals surface area contributed by atoms with E-state index in [9.17, 15) is 14.9 Å². The maximum absolute atomic E-state index is 13.0. The predicted molar refractivity (Wildman–Crippen MR) is 81.2 cm³/mol. The van der Waals surface area contributed by atoms with E-state index in [1.165, 1.54) is 4.90 Å². The third-order valence-corrected chi connectivity index (χ3v) is 5.81. The highest BCUT2D eigenvalue weighted by Crippen LogP contribution is 2.47. The van der Waals surface area contributed by atoms with Gasteiger partial charge in [-0.2, -0.15) is 5.26 Å². The van der Waals surface area contributed by atoms with Crippen LogP contribution < -0.4 is 0 Å². The normalized spacial score (nSPS) is 30.5. The fourth-order valence-corrected chi connectivity index (χ4v) is 4.07. The molecule has 5 heteroatoms. The lowest BCUT2D eigenvalue weighted by molar-refractivity contribution is -0.145. The summed E-state index contributed by atoms with van der Waals surface area (Å²) in [5, 5.41) is 9.60. The second-order valence-electron chi connectivity index (χ2n) is 7.23. The first-order valence-electron chi connectivity index (χ1n) is 8.07. The Kier molecular flexibility index (Phi) is 3.32. The molecule has 118 valence electrons. The molecule has 2 fully saturated rings.